The molecule has 0 unspecified atom stereocenters. The number of ether oxygens (including phenoxy) is 2. The average Bonchev–Trinajstić information content (AvgIpc) is 3.60. The minimum absolute atomic E-state index is 0.158. The standard InChI is InChI=1S/C26H32N2O6S3/c1-3-33-25(31)21-15-7-5-9-17(15)36-23(21)27-19(29)11-13-35-14-12-20(30)28-24-22(26(32)34-4-2)16-8-6-10-18(16)37-24/h3-14H2,1-2H3,(H,27,29)(H,28,30). The van der Waals surface area contributed by atoms with Crippen molar-refractivity contribution >= 4 is 68.2 Å². The van der Waals surface area contributed by atoms with Crippen molar-refractivity contribution in [2.75, 3.05) is 35.4 Å². The van der Waals surface area contributed by atoms with Crippen molar-refractivity contribution in [2.45, 2.75) is 65.2 Å². The maximum absolute atomic E-state index is 12.5. The molecule has 4 rings (SSSR count). The molecule has 0 spiro atoms. The highest BCUT2D eigenvalue weighted by Gasteiger charge is 2.29. The van der Waals surface area contributed by atoms with E-state index in [4.69, 9.17) is 9.47 Å². The number of fused-ring (bicyclic) bond motifs is 2. The van der Waals surface area contributed by atoms with Gasteiger partial charge in [0.05, 0.1) is 24.3 Å². The van der Waals surface area contributed by atoms with E-state index < -0.39 is 0 Å². The van der Waals surface area contributed by atoms with Crippen LogP contribution >= 0.6 is 34.4 Å². The van der Waals surface area contributed by atoms with Crippen LogP contribution in [-0.2, 0) is 44.7 Å². The lowest BCUT2D eigenvalue weighted by atomic mass is 10.1. The van der Waals surface area contributed by atoms with Crippen LogP contribution in [0.3, 0.4) is 0 Å². The molecule has 2 aliphatic carbocycles. The largest absolute Gasteiger partial charge is 0.462 e. The van der Waals surface area contributed by atoms with Gasteiger partial charge in [0.2, 0.25) is 11.8 Å². The molecule has 37 heavy (non-hydrogen) atoms. The third-order valence-corrected chi connectivity index (χ3v) is 9.65. The molecule has 0 fully saturated rings. The van der Waals surface area contributed by atoms with Crippen LogP contribution in [0.4, 0.5) is 10.0 Å². The number of hydrogen-bond donors (Lipinski definition) is 2. The van der Waals surface area contributed by atoms with Crippen LogP contribution in [0.2, 0.25) is 0 Å². The summed E-state index contributed by atoms with van der Waals surface area (Å²) >= 11 is 4.46. The first-order valence-corrected chi connectivity index (χ1v) is 15.5. The van der Waals surface area contributed by atoms with E-state index in [2.05, 4.69) is 10.6 Å². The molecule has 0 atom stereocenters. The average molecular weight is 565 g/mol. The zero-order chi connectivity index (χ0) is 26.4. The van der Waals surface area contributed by atoms with Crippen molar-refractivity contribution in [3.05, 3.63) is 32.0 Å². The van der Waals surface area contributed by atoms with E-state index in [0.29, 0.717) is 45.8 Å². The van der Waals surface area contributed by atoms with E-state index in [1.165, 1.54) is 34.4 Å². The molecule has 0 radical (unpaired) electrons. The second-order valence-corrected chi connectivity index (χ2v) is 12.2. The van der Waals surface area contributed by atoms with Crippen molar-refractivity contribution in [3.8, 4) is 0 Å². The van der Waals surface area contributed by atoms with Crippen LogP contribution < -0.4 is 10.6 Å². The summed E-state index contributed by atoms with van der Waals surface area (Å²) in [4.78, 5) is 52.3. The van der Waals surface area contributed by atoms with Gasteiger partial charge in [-0.2, -0.15) is 11.8 Å². The second-order valence-electron chi connectivity index (χ2n) is 8.77. The van der Waals surface area contributed by atoms with E-state index in [-0.39, 0.29) is 36.6 Å². The van der Waals surface area contributed by atoms with E-state index in [9.17, 15) is 19.2 Å². The lowest BCUT2D eigenvalue weighted by Crippen LogP contribution is -2.16. The minimum Gasteiger partial charge on any atom is -0.462 e. The molecule has 2 aromatic heterocycles. The van der Waals surface area contributed by atoms with Gasteiger partial charge in [0.1, 0.15) is 10.0 Å². The fourth-order valence-electron chi connectivity index (χ4n) is 4.63. The highest BCUT2D eigenvalue weighted by atomic mass is 32.2. The van der Waals surface area contributed by atoms with E-state index >= 15 is 0 Å². The van der Waals surface area contributed by atoms with Crippen LogP contribution in [-0.4, -0.2) is 48.5 Å². The molecule has 8 nitrogen and oxygen atoms in total. The lowest BCUT2D eigenvalue weighted by molar-refractivity contribution is -0.116. The highest BCUT2D eigenvalue weighted by Crippen LogP contribution is 2.40. The minimum atomic E-state index is -0.375. The summed E-state index contributed by atoms with van der Waals surface area (Å²) in [5.74, 6) is 0.0456. The number of carbonyl (C=O) groups is 4. The molecule has 2 aliphatic rings. The van der Waals surface area contributed by atoms with Gasteiger partial charge in [0.15, 0.2) is 0 Å². The topological polar surface area (TPSA) is 111 Å². The third kappa shape index (κ3) is 6.56. The number of rotatable bonds is 12. The van der Waals surface area contributed by atoms with Gasteiger partial charge in [-0.15, -0.1) is 22.7 Å². The Labute approximate surface area is 228 Å². The monoisotopic (exact) mass is 564 g/mol. The molecule has 0 saturated carbocycles. The smallest absolute Gasteiger partial charge is 0.341 e. The van der Waals surface area contributed by atoms with Gasteiger partial charge in [0, 0.05) is 34.1 Å². The van der Waals surface area contributed by atoms with Crippen molar-refractivity contribution in [3.63, 3.8) is 0 Å². The number of carbonyl (C=O) groups excluding carboxylic acids is 4. The van der Waals surface area contributed by atoms with Crippen molar-refractivity contribution < 1.29 is 28.7 Å². The molecule has 2 aromatic rings. The van der Waals surface area contributed by atoms with Gasteiger partial charge in [-0.3, -0.25) is 9.59 Å². The highest BCUT2D eigenvalue weighted by molar-refractivity contribution is 7.99. The summed E-state index contributed by atoms with van der Waals surface area (Å²) in [5, 5.41) is 6.96. The number of anilines is 2. The Hall–Kier alpha value is -2.37. The van der Waals surface area contributed by atoms with E-state index in [1.54, 1.807) is 13.8 Å². The Morgan fingerprint density at radius 2 is 1.16 bits per heavy atom. The number of esters is 2. The number of amides is 2. The number of thiophene rings is 2. The predicted octanol–water partition coefficient (Wildman–Crippen LogP) is 5.23. The Morgan fingerprint density at radius 1 is 0.730 bits per heavy atom. The molecule has 200 valence electrons. The molecule has 0 saturated heterocycles. The Morgan fingerprint density at radius 3 is 1.57 bits per heavy atom. The first-order valence-electron chi connectivity index (χ1n) is 12.7. The number of nitrogens with one attached hydrogen (secondary N) is 2. The summed E-state index contributed by atoms with van der Waals surface area (Å²) in [5.41, 5.74) is 3.06. The summed E-state index contributed by atoms with van der Waals surface area (Å²) < 4.78 is 10.4. The fourth-order valence-corrected chi connectivity index (χ4v) is 8.08. The summed E-state index contributed by atoms with van der Waals surface area (Å²) in [6.07, 6.45) is 6.12. The molecule has 2 N–H and O–H groups in total. The Balaban J connectivity index is 1.22. The Kier molecular flexibility index (Phi) is 9.66. The summed E-state index contributed by atoms with van der Waals surface area (Å²) in [7, 11) is 0. The van der Waals surface area contributed by atoms with Crippen LogP contribution in [0.15, 0.2) is 0 Å². The van der Waals surface area contributed by atoms with Gasteiger partial charge < -0.3 is 20.1 Å². The van der Waals surface area contributed by atoms with Gasteiger partial charge >= 0.3 is 11.9 Å². The molecule has 2 heterocycles. The van der Waals surface area contributed by atoms with Crippen LogP contribution in [0, 0.1) is 0 Å². The summed E-state index contributed by atoms with van der Waals surface area (Å²) in [6.45, 7) is 4.12. The van der Waals surface area contributed by atoms with Gasteiger partial charge in [0.25, 0.3) is 0 Å². The normalized spacial score (nSPS) is 13.7. The maximum atomic E-state index is 12.5. The first kappa shape index (κ1) is 27.7. The van der Waals surface area contributed by atoms with Crippen molar-refractivity contribution in [2.24, 2.45) is 0 Å². The maximum Gasteiger partial charge on any atom is 0.341 e. The van der Waals surface area contributed by atoms with Crippen LogP contribution in [0.1, 0.15) is 81.1 Å². The molecule has 2 amide bonds. The third-order valence-electron chi connectivity index (χ3n) is 6.25. The molecule has 0 bridgehead atoms. The second kappa shape index (κ2) is 12.9. The predicted molar refractivity (Wildman–Crippen MR) is 148 cm³/mol. The van der Waals surface area contributed by atoms with E-state index in [0.717, 1.165) is 59.4 Å². The molecule has 11 heteroatoms. The summed E-state index contributed by atoms with van der Waals surface area (Å²) in [6, 6.07) is 0. The Bertz CT molecular complexity index is 1100. The fraction of sp³-hybridized carbons (Fsp3) is 0.538. The number of hydrogen-bond acceptors (Lipinski definition) is 9. The number of aryl methyl sites for hydroxylation is 2. The van der Waals surface area contributed by atoms with Crippen LogP contribution in [0.5, 0.6) is 0 Å². The molecular weight excluding hydrogens is 532 g/mol. The molecular formula is C26H32N2O6S3. The van der Waals surface area contributed by atoms with Gasteiger partial charge in [-0.25, -0.2) is 9.59 Å². The van der Waals surface area contributed by atoms with Gasteiger partial charge in [-0.1, -0.05) is 0 Å². The van der Waals surface area contributed by atoms with Crippen molar-refractivity contribution in [1.82, 2.24) is 0 Å². The SMILES string of the molecule is CCOC(=O)c1c(NC(=O)CCSCCC(=O)Nc2sc3c(c2C(=O)OCC)CCC3)sc2c1CCC2. The van der Waals surface area contributed by atoms with Crippen LogP contribution in [0.25, 0.3) is 0 Å². The van der Waals surface area contributed by atoms with Crippen molar-refractivity contribution in [1.29, 1.82) is 0 Å². The first-order chi connectivity index (χ1) is 17.9. The number of thioether (sulfide) groups is 1. The van der Waals surface area contributed by atoms with Gasteiger partial charge in [-0.05, 0) is 63.5 Å². The molecule has 0 aromatic carbocycles. The quantitative estimate of drug-likeness (QED) is 0.268. The van der Waals surface area contributed by atoms with E-state index in [1.807, 2.05) is 0 Å². The molecule has 0 aliphatic heterocycles. The lowest BCUT2D eigenvalue weighted by Gasteiger charge is -2.09. The zero-order valence-electron chi connectivity index (χ0n) is 21.2. The zero-order valence-corrected chi connectivity index (χ0v) is 23.6.